The first kappa shape index (κ1) is 13.3. The van der Waals surface area contributed by atoms with Crippen molar-refractivity contribution in [2.75, 3.05) is 26.2 Å². The Labute approximate surface area is 106 Å². The summed E-state index contributed by atoms with van der Waals surface area (Å²) < 4.78 is 0. The van der Waals surface area contributed by atoms with E-state index in [1.807, 2.05) is 0 Å². The molecule has 2 unspecified atom stereocenters. The monoisotopic (exact) mass is 239 g/mol. The van der Waals surface area contributed by atoms with Gasteiger partial charge < -0.3 is 11.1 Å². The van der Waals surface area contributed by atoms with Crippen molar-refractivity contribution < 1.29 is 0 Å². The maximum Gasteiger partial charge on any atom is 0.0110 e. The van der Waals surface area contributed by atoms with Gasteiger partial charge in [-0.05, 0) is 44.7 Å². The zero-order valence-corrected chi connectivity index (χ0v) is 11.3. The molecular weight excluding hydrogens is 210 g/mol. The first-order chi connectivity index (χ1) is 8.35. The Balaban J connectivity index is 1.65. The molecule has 0 aliphatic heterocycles. The van der Waals surface area contributed by atoms with Crippen LogP contribution >= 0.6 is 0 Å². The van der Waals surface area contributed by atoms with Crippen LogP contribution in [0.5, 0.6) is 0 Å². The van der Waals surface area contributed by atoms with Crippen LogP contribution in [-0.2, 0) is 0 Å². The van der Waals surface area contributed by atoms with E-state index in [9.17, 15) is 0 Å². The molecule has 2 saturated carbocycles. The van der Waals surface area contributed by atoms with Crippen LogP contribution in [0.2, 0.25) is 0 Å². The maximum absolute atomic E-state index is 5.86. The largest absolute Gasteiger partial charge is 0.330 e. The topological polar surface area (TPSA) is 41.3 Å². The Kier molecular flexibility index (Phi) is 5.26. The summed E-state index contributed by atoms with van der Waals surface area (Å²) in [6.07, 6.45) is 8.26. The summed E-state index contributed by atoms with van der Waals surface area (Å²) in [5.41, 5.74) is 5.86. The predicted molar refractivity (Wildman–Crippen MR) is 73.1 cm³/mol. The number of nitrogens with one attached hydrogen (secondary N) is 1. The van der Waals surface area contributed by atoms with Gasteiger partial charge in [-0.25, -0.2) is 0 Å². The molecule has 0 amide bonds. The Morgan fingerprint density at radius 3 is 2.59 bits per heavy atom. The lowest BCUT2D eigenvalue weighted by Gasteiger charge is -2.32. The molecule has 0 saturated heterocycles. The second kappa shape index (κ2) is 6.72. The van der Waals surface area contributed by atoms with E-state index in [2.05, 4.69) is 17.1 Å². The lowest BCUT2D eigenvalue weighted by atomic mass is 9.84. The lowest BCUT2D eigenvalue weighted by Crippen LogP contribution is -2.45. The molecule has 3 N–H and O–H groups in total. The predicted octanol–water partition coefficient (Wildman–Crippen LogP) is 1.58. The molecule has 2 atom stereocenters. The smallest absolute Gasteiger partial charge is 0.0110 e. The fourth-order valence-corrected chi connectivity index (χ4v) is 3.19. The molecule has 0 spiro atoms. The number of hydrogen-bond acceptors (Lipinski definition) is 3. The van der Waals surface area contributed by atoms with Gasteiger partial charge in [0, 0.05) is 25.2 Å². The van der Waals surface area contributed by atoms with Crippen LogP contribution in [-0.4, -0.2) is 43.2 Å². The highest BCUT2D eigenvalue weighted by Gasteiger charge is 2.28. The van der Waals surface area contributed by atoms with Crippen LogP contribution < -0.4 is 11.1 Å². The number of hydrogen-bond donors (Lipinski definition) is 2. The van der Waals surface area contributed by atoms with Crippen molar-refractivity contribution in [3.63, 3.8) is 0 Å². The van der Waals surface area contributed by atoms with E-state index in [1.165, 1.54) is 51.6 Å². The molecule has 100 valence electrons. The van der Waals surface area contributed by atoms with E-state index < -0.39 is 0 Å². The van der Waals surface area contributed by atoms with Crippen molar-refractivity contribution in [2.45, 2.75) is 57.5 Å². The highest BCUT2D eigenvalue weighted by atomic mass is 15.2. The van der Waals surface area contributed by atoms with Crippen LogP contribution in [0.25, 0.3) is 0 Å². The van der Waals surface area contributed by atoms with Crippen molar-refractivity contribution in [1.82, 2.24) is 10.2 Å². The van der Waals surface area contributed by atoms with Crippen molar-refractivity contribution in [1.29, 1.82) is 0 Å². The second-order valence-electron chi connectivity index (χ2n) is 5.70. The van der Waals surface area contributed by atoms with E-state index in [0.717, 1.165) is 25.0 Å². The third kappa shape index (κ3) is 3.94. The van der Waals surface area contributed by atoms with Crippen molar-refractivity contribution in [3.8, 4) is 0 Å². The van der Waals surface area contributed by atoms with E-state index in [4.69, 9.17) is 5.73 Å². The van der Waals surface area contributed by atoms with Crippen LogP contribution in [0, 0.1) is 5.92 Å². The van der Waals surface area contributed by atoms with Gasteiger partial charge in [0.15, 0.2) is 0 Å². The van der Waals surface area contributed by atoms with Gasteiger partial charge in [-0.15, -0.1) is 0 Å². The first-order valence-corrected chi connectivity index (χ1v) is 7.52. The van der Waals surface area contributed by atoms with Crippen LogP contribution in [0.3, 0.4) is 0 Å². The van der Waals surface area contributed by atoms with Gasteiger partial charge in [0.05, 0.1) is 0 Å². The number of rotatable bonds is 7. The molecule has 2 aliphatic rings. The average Bonchev–Trinajstić information content (AvgIpc) is 3.19. The number of nitrogens with zero attached hydrogens (tertiary/aromatic N) is 1. The summed E-state index contributed by atoms with van der Waals surface area (Å²) in [6.45, 7) is 6.71. The third-order valence-electron chi connectivity index (χ3n) is 4.49. The Morgan fingerprint density at radius 1 is 1.18 bits per heavy atom. The summed E-state index contributed by atoms with van der Waals surface area (Å²) in [4.78, 5) is 2.62. The van der Waals surface area contributed by atoms with Crippen molar-refractivity contribution in [3.05, 3.63) is 0 Å². The molecule has 2 rings (SSSR count). The first-order valence-electron chi connectivity index (χ1n) is 7.52. The van der Waals surface area contributed by atoms with Gasteiger partial charge in [-0.3, -0.25) is 4.90 Å². The Bertz CT molecular complexity index is 216. The molecule has 0 bridgehead atoms. The van der Waals surface area contributed by atoms with Crippen LogP contribution in [0.4, 0.5) is 0 Å². The minimum atomic E-state index is 0.687. The maximum atomic E-state index is 5.86. The number of likely N-dealkylation sites (N-methyl/N-ethyl adjacent to an activating group) is 1. The van der Waals surface area contributed by atoms with E-state index in [0.29, 0.717) is 6.04 Å². The van der Waals surface area contributed by atoms with Crippen LogP contribution in [0.15, 0.2) is 0 Å². The normalized spacial score (nSPS) is 29.8. The summed E-state index contributed by atoms with van der Waals surface area (Å²) in [7, 11) is 0. The van der Waals surface area contributed by atoms with Gasteiger partial charge >= 0.3 is 0 Å². The van der Waals surface area contributed by atoms with Crippen molar-refractivity contribution >= 4 is 0 Å². The van der Waals surface area contributed by atoms with Crippen molar-refractivity contribution in [2.24, 2.45) is 11.7 Å². The molecule has 2 aliphatic carbocycles. The zero-order chi connectivity index (χ0) is 12.1. The highest BCUT2D eigenvalue weighted by molar-refractivity contribution is 4.85. The summed E-state index contributed by atoms with van der Waals surface area (Å²) >= 11 is 0. The molecule has 0 radical (unpaired) electrons. The lowest BCUT2D eigenvalue weighted by molar-refractivity contribution is 0.236. The standard InChI is InChI=1S/C14H29N3/c1-2-17(13-7-8-13)10-9-16-14-6-4-3-5-12(14)11-15/h12-14,16H,2-11,15H2,1H3. The summed E-state index contributed by atoms with van der Waals surface area (Å²) in [5.74, 6) is 0.722. The SMILES string of the molecule is CCN(CCNC1CCCCC1CN)C1CC1. The summed E-state index contributed by atoms with van der Waals surface area (Å²) in [6, 6.07) is 1.59. The molecule has 0 aromatic rings. The molecular formula is C14H29N3. The molecule has 0 aromatic carbocycles. The van der Waals surface area contributed by atoms with Gasteiger partial charge in [-0.1, -0.05) is 19.8 Å². The van der Waals surface area contributed by atoms with Gasteiger partial charge in [0.2, 0.25) is 0 Å². The van der Waals surface area contributed by atoms with E-state index in [-0.39, 0.29) is 0 Å². The second-order valence-corrected chi connectivity index (χ2v) is 5.70. The molecule has 0 aromatic heterocycles. The molecule has 17 heavy (non-hydrogen) atoms. The third-order valence-corrected chi connectivity index (χ3v) is 4.49. The van der Waals surface area contributed by atoms with E-state index in [1.54, 1.807) is 0 Å². The van der Waals surface area contributed by atoms with Crippen LogP contribution in [0.1, 0.15) is 45.4 Å². The van der Waals surface area contributed by atoms with E-state index >= 15 is 0 Å². The van der Waals surface area contributed by atoms with Gasteiger partial charge in [0.25, 0.3) is 0 Å². The van der Waals surface area contributed by atoms with Gasteiger partial charge in [0.1, 0.15) is 0 Å². The fourth-order valence-electron chi connectivity index (χ4n) is 3.19. The average molecular weight is 239 g/mol. The number of nitrogens with two attached hydrogens (primary N) is 1. The molecule has 0 heterocycles. The van der Waals surface area contributed by atoms with Gasteiger partial charge in [-0.2, -0.15) is 0 Å². The quantitative estimate of drug-likeness (QED) is 0.709. The zero-order valence-electron chi connectivity index (χ0n) is 11.3. The molecule has 3 heteroatoms. The Hall–Kier alpha value is -0.120. The minimum Gasteiger partial charge on any atom is -0.330 e. The fraction of sp³-hybridized carbons (Fsp3) is 1.00. The minimum absolute atomic E-state index is 0.687. The summed E-state index contributed by atoms with van der Waals surface area (Å²) in [5, 5.41) is 3.75. The molecule has 3 nitrogen and oxygen atoms in total. The highest BCUT2D eigenvalue weighted by Crippen LogP contribution is 2.26. The molecule has 2 fully saturated rings. The Morgan fingerprint density at radius 2 is 1.94 bits per heavy atom.